The van der Waals surface area contributed by atoms with Gasteiger partial charge >= 0.3 is 6.18 Å². The monoisotopic (exact) mass is 230 g/mol. The molecule has 0 aliphatic heterocycles. The van der Waals surface area contributed by atoms with Gasteiger partial charge in [-0.05, 0) is 29.9 Å². The molecule has 0 radical (unpaired) electrons. The number of hydrogen-bond donors (Lipinski definition) is 1. The molecule has 0 heterocycles. The van der Waals surface area contributed by atoms with Crippen molar-refractivity contribution in [1.82, 2.24) is 0 Å². The number of hydrogen-bond acceptors (Lipinski definition) is 1. The van der Waals surface area contributed by atoms with Crippen LogP contribution in [-0.2, 0) is 0 Å². The molecule has 1 nitrogen and oxygen atoms in total. The van der Waals surface area contributed by atoms with Crippen LogP contribution >= 0.6 is 0 Å². The molecule has 1 aromatic carbocycles. The Morgan fingerprint density at radius 1 is 1.12 bits per heavy atom. The number of benzene rings is 1. The second-order valence-corrected chi connectivity index (χ2v) is 4.24. The highest BCUT2D eigenvalue weighted by molar-refractivity contribution is 5.28. The lowest BCUT2D eigenvalue weighted by atomic mass is 9.80. The van der Waals surface area contributed by atoms with Crippen molar-refractivity contribution in [2.75, 3.05) is 0 Å². The van der Waals surface area contributed by atoms with Gasteiger partial charge in [0.25, 0.3) is 0 Å². The van der Waals surface area contributed by atoms with Crippen LogP contribution in [0.3, 0.4) is 0 Å². The Morgan fingerprint density at radius 3 is 2.06 bits per heavy atom. The van der Waals surface area contributed by atoms with Crippen LogP contribution in [0.4, 0.5) is 13.2 Å². The molecule has 0 spiro atoms. The van der Waals surface area contributed by atoms with Gasteiger partial charge in [-0.25, -0.2) is 0 Å². The fourth-order valence-electron chi connectivity index (χ4n) is 1.88. The van der Waals surface area contributed by atoms with Crippen molar-refractivity contribution in [3.05, 3.63) is 35.4 Å². The first-order valence-corrected chi connectivity index (χ1v) is 5.33. The van der Waals surface area contributed by atoms with E-state index in [1.165, 1.54) is 18.6 Å². The lowest BCUT2D eigenvalue weighted by Gasteiger charge is -2.26. The predicted molar refractivity (Wildman–Crippen MR) is 54.0 cm³/mol. The van der Waals surface area contributed by atoms with Gasteiger partial charge in [0, 0.05) is 0 Å². The molecule has 1 atom stereocenters. The predicted octanol–water partition coefficient (Wildman–Crippen LogP) is 3.55. The zero-order valence-electron chi connectivity index (χ0n) is 8.67. The minimum atomic E-state index is -4.59. The summed E-state index contributed by atoms with van der Waals surface area (Å²) >= 11 is 0. The van der Waals surface area contributed by atoms with Crippen LogP contribution in [0.25, 0.3) is 0 Å². The highest BCUT2D eigenvalue weighted by Gasteiger charge is 2.39. The maximum absolute atomic E-state index is 12.2. The van der Waals surface area contributed by atoms with E-state index in [4.69, 9.17) is 5.11 Å². The molecule has 0 saturated heterocycles. The van der Waals surface area contributed by atoms with Crippen molar-refractivity contribution in [3.63, 3.8) is 0 Å². The van der Waals surface area contributed by atoms with E-state index < -0.39 is 12.3 Å². The Kier molecular flexibility index (Phi) is 2.93. The second kappa shape index (κ2) is 4.09. The summed E-state index contributed by atoms with van der Waals surface area (Å²) in [7, 11) is 0. The van der Waals surface area contributed by atoms with Crippen LogP contribution in [0.2, 0.25) is 0 Å². The van der Waals surface area contributed by atoms with Crippen molar-refractivity contribution in [3.8, 4) is 0 Å². The van der Waals surface area contributed by atoms with Crippen LogP contribution in [0, 0.1) is 0 Å². The zero-order chi connectivity index (χ0) is 11.8. The summed E-state index contributed by atoms with van der Waals surface area (Å²) in [6.45, 7) is 0. The minimum Gasteiger partial charge on any atom is -0.379 e. The lowest BCUT2D eigenvalue weighted by molar-refractivity contribution is -0.206. The quantitative estimate of drug-likeness (QED) is 0.823. The molecule has 2 rings (SSSR count). The minimum absolute atomic E-state index is 0.0874. The van der Waals surface area contributed by atoms with E-state index in [0.717, 1.165) is 18.4 Å². The largest absolute Gasteiger partial charge is 0.418 e. The van der Waals surface area contributed by atoms with Gasteiger partial charge in [0.15, 0.2) is 6.10 Å². The molecule has 88 valence electrons. The molecular weight excluding hydrogens is 217 g/mol. The van der Waals surface area contributed by atoms with E-state index in [-0.39, 0.29) is 5.56 Å². The molecule has 0 aromatic heterocycles. The fraction of sp³-hybridized carbons (Fsp3) is 0.500. The number of alkyl halides is 3. The molecule has 0 amide bonds. The molecule has 1 saturated carbocycles. The lowest BCUT2D eigenvalue weighted by Crippen LogP contribution is -2.20. The Balaban J connectivity index is 2.12. The Bertz CT molecular complexity index is 352. The average molecular weight is 230 g/mol. The van der Waals surface area contributed by atoms with E-state index in [1.54, 1.807) is 12.1 Å². The van der Waals surface area contributed by atoms with Crippen molar-refractivity contribution in [2.45, 2.75) is 37.5 Å². The molecular formula is C12H13F3O. The van der Waals surface area contributed by atoms with Gasteiger partial charge in [0.2, 0.25) is 0 Å². The number of halogens is 3. The second-order valence-electron chi connectivity index (χ2n) is 4.24. The number of aliphatic hydroxyl groups excluding tert-OH is 1. The first kappa shape index (κ1) is 11.5. The van der Waals surface area contributed by atoms with Gasteiger partial charge in [-0.15, -0.1) is 0 Å². The summed E-state index contributed by atoms with van der Waals surface area (Å²) in [6.07, 6.45) is -3.54. The van der Waals surface area contributed by atoms with Gasteiger partial charge in [0.05, 0.1) is 0 Å². The molecule has 0 bridgehead atoms. The molecule has 0 unspecified atom stereocenters. The fourth-order valence-corrected chi connectivity index (χ4v) is 1.88. The third-order valence-electron chi connectivity index (χ3n) is 3.14. The van der Waals surface area contributed by atoms with E-state index in [2.05, 4.69) is 0 Å². The van der Waals surface area contributed by atoms with E-state index in [9.17, 15) is 13.2 Å². The van der Waals surface area contributed by atoms with Crippen LogP contribution < -0.4 is 0 Å². The first-order valence-electron chi connectivity index (χ1n) is 5.33. The maximum Gasteiger partial charge on any atom is 0.418 e. The third kappa shape index (κ3) is 2.21. The number of rotatable bonds is 2. The summed E-state index contributed by atoms with van der Waals surface area (Å²) < 4.78 is 36.7. The summed E-state index contributed by atoms with van der Waals surface area (Å²) in [4.78, 5) is 0. The summed E-state index contributed by atoms with van der Waals surface area (Å²) in [6, 6.07) is 6.11. The first-order chi connectivity index (χ1) is 7.48. The van der Waals surface area contributed by atoms with E-state index >= 15 is 0 Å². The van der Waals surface area contributed by atoms with E-state index in [1.807, 2.05) is 0 Å². The molecule has 1 aliphatic carbocycles. The standard InChI is InChI=1S/C12H13F3O/c13-12(14,15)11(16)10-6-4-9(5-7-10)8-2-1-3-8/h4-8,11,16H,1-3H2/t11-/m0/s1. The van der Waals surface area contributed by atoms with E-state index in [0.29, 0.717) is 5.92 Å². The van der Waals surface area contributed by atoms with Crippen LogP contribution in [0.1, 0.15) is 42.4 Å². The molecule has 1 fully saturated rings. The molecule has 4 heteroatoms. The summed E-state index contributed by atoms with van der Waals surface area (Å²) in [5.41, 5.74) is 0.986. The van der Waals surface area contributed by atoms with Crippen molar-refractivity contribution < 1.29 is 18.3 Å². The highest BCUT2D eigenvalue weighted by Crippen LogP contribution is 2.38. The Hall–Kier alpha value is -1.03. The summed E-state index contributed by atoms with van der Waals surface area (Å²) in [5, 5.41) is 9.03. The van der Waals surface area contributed by atoms with Crippen LogP contribution in [0.15, 0.2) is 24.3 Å². The molecule has 16 heavy (non-hydrogen) atoms. The molecule has 1 aliphatic rings. The molecule has 1 N–H and O–H groups in total. The van der Waals surface area contributed by atoms with Gasteiger partial charge in [-0.2, -0.15) is 13.2 Å². The zero-order valence-corrected chi connectivity index (χ0v) is 8.67. The Labute approximate surface area is 91.9 Å². The topological polar surface area (TPSA) is 20.2 Å². The van der Waals surface area contributed by atoms with Crippen molar-refractivity contribution in [1.29, 1.82) is 0 Å². The van der Waals surface area contributed by atoms with Crippen LogP contribution in [0.5, 0.6) is 0 Å². The SMILES string of the molecule is O[C@@H](c1ccc(C2CCC2)cc1)C(F)(F)F. The van der Waals surface area contributed by atoms with Gasteiger partial charge < -0.3 is 5.11 Å². The van der Waals surface area contributed by atoms with Crippen molar-refractivity contribution in [2.24, 2.45) is 0 Å². The van der Waals surface area contributed by atoms with Gasteiger partial charge in [-0.3, -0.25) is 0 Å². The third-order valence-corrected chi connectivity index (χ3v) is 3.14. The van der Waals surface area contributed by atoms with Gasteiger partial charge in [-0.1, -0.05) is 30.7 Å². The Morgan fingerprint density at radius 2 is 1.69 bits per heavy atom. The smallest absolute Gasteiger partial charge is 0.379 e. The maximum atomic E-state index is 12.2. The van der Waals surface area contributed by atoms with Gasteiger partial charge in [0.1, 0.15) is 0 Å². The normalized spacial score (nSPS) is 19.2. The summed E-state index contributed by atoms with van der Waals surface area (Å²) in [5.74, 6) is 0.497. The highest BCUT2D eigenvalue weighted by atomic mass is 19.4. The van der Waals surface area contributed by atoms with Crippen LogP contribution in [-0.4, -0.2) is 11.3 Å². The molecule has 1 aromatic rings. The average Bonchev–Trinajstić information content (AvgIpc) is 2.14. The number of aliphatic hydroxyl groups is 1. The van der Waals surface area contributed by atoms with Crippen molar-refractivity contribution >= 4 is 0 Å².